The Labute approximate surface area is 123 Å². The summed E-state index contributed by atoms with van der Waals surface area (Å²) in [5.41, 5.74) is 0.952. The van der Waals surface area contributed by atoms with E-state index in [9.17, 15) is 4.39 Å². The third kappa shape index (κ3) is 4.32. The maximum absolute atomic E-state index is 13.2. The van der Waals surface area contributed by atoms with Crippen LogP contribution in [0.25, 0.3) is 0 Å². The number of hydrogen-bond donors (Lipinski definition) is 1. The zero-order chi connectivity index (χ0) is 14.4. The predicted molar refractivity (Wildman–Crippen MR) is 81.8 cm³/mol. The average molecular weight is 293 g/mol. The molecule has 4 heteroatoms. The van der Waals surface area contributed by atoms with Gasteiger partial charge in [-0.1, -0.05) is 13.0 Å². The van der Waals surface area contributed by atoms with Gasteiger partial charge in [0.15, 0.2) is 0 Å². The molecular formula is C16H20FNOS. The first-order valence-electron chi connectivity index (χ1n) is 6.86. The van der Waals surface area contributed by atoms with Gasteiger partial charge < -0.3 is 10.1 Å². The van der Waals surface area contributed by atoms with Crippen molar-refractivity contribution >= 4 is 11.3 Å². The van der Waals surface area contributed by atoms with Gasteiger partial charge in [0.05, 0.1) is 0 Å². The number of hydrogen-bond acceptors (Lipinski definition) is 3. The number of aryl methyl sites for hydroxylation is 1. The third-order valence-corrected chi connectivity index (χ3v) is 4.02. The molecule has 20 heavy (non-hydrogen) atoms. The second-order valence-electron chi connectivity index (χ2n) is 4.74. The van der Waals surface area contributed by atoms with Crippen molar-refractivity contribution in [2.24, 2.45) is 0 Å². The van der Waals surface area contributed by atoms with Crippen LogP contribution in [0, 0.1) is 12.7 Å². The van der Waals surface area contributed by atoms with Gasteiger partial charge in [-0.15, -0.1) is 11.3 Å². The fourth-order valence-electron chi connectivity index (χ4n) is 1.86. The first kappa shape index (κ1) is 15.0. The van der Waals surface area contributed by atoms with E-state index in [2.05, 4.69) is 24.4 Å². The van der Waals surface area contributed by atoms with Crippen molar-refractivity contribution < 1.29 is 9.13 Å². The quantitative estimate of drug-likeness (QED) is 0.770. The predicted octanol–water partition coefficient (Wildman–Crippen LogP) is 4.27. The molecule has 0 spiro atoms. The fourth-order valence-corrected chi connectivity index (χ4v) is 2.76. The van der Waals surface area contributed by atoms with E-state index in [0.717, 1.165) is 30.0 Å². The zero-order valence-corrected chi connectivity index (χ0v) is 12.7. The zero-order valence-electron chi connectivity index (χ0n) is 11.9. The summed E-state index contributed by atoms with van der Waals surface area (Å²) in [6.07, 6.45) is 1.14. The van der Waals surface area contributed by atoms with E-state index in [-0.39, 0.29) is 5.82 Å². The van der Waals surface area contributed by atoms with Crippen molar-refractivity contribution in [1.29, 1.82) is 0 Å². The maximum Gasteiger partial charge on any atom is 0.126 e. The molecule has 0 aliphatic heterocycles. The van der Waals surface area contributed by atoms with E-state index < -0.39 is 0 Å². The van der Waals surface area contributed by atoms with Crippen LogP contribution < -0.4 is 10.1 Å². The highest BCUT2D eigenvalue weighted by atomic mass is 32.1. The van der Waals surface area contributed by atoms with Crippen molar-refractivity contribution in [3.8, 4) is 5.75 Å². The summed E-state index contributed by atoms with van der Waals surface area (Å²) in [6.45, 7) is 6.50. The number of rotatable bonds is 7. The van der Waals surface area contributed by atoms with E-state index >= 15 is 0 Å². The van der Waals surface area contributed by atoms with Gasteiger partial charge in [-0.3, -0.25) is 0 Å². The van der Waals surface area contributed by atoms with Crippen molar-refractivity contribution in [1.82, 2.24) is 5.32 Å². The smallest absolute Gasteiger partial charge is 0.126 e. The Morgan fingerprint density at radius 3 is 2.80 bits per heavy atom. The maximum atomic E-state index is 13.2. The Balaban J connectivity index is 1.89. The molecule has 0 amide bonds. The summed E-state index contributed by atoms with van der Waals surface area (Å²) in [5, 5.41) is 3.38. The van der Waals surface area contributed by atoms with Crippen LogP contribution in [-0.4, -0.2) is 6.54 Å². The molecule has 0 unspecified atom stereocenters. The van der Waals surface area contributed by atoms with E-state index in [1.807, 2.05) is 6.92 Å². The van der Waals surface area contributed by atoms with Gasteiger partial charge in [-0.05, 0) is 43.7 Å². The molecule has 0 aliphatic carbocycles. The monoisotopic (exact) mass is 293 g/mol. The first-order valence-corrected chi connectivity index (χ1v) is 7.68. The summed E-state index contributed by atoms with van der Waals surface area (Å²) in [4.78, 5) is 2.45. The van der Waals surface area contributed by atoms with Gasteiger partial charge in [0.1, 0.15) is 18.2 Å². The minimum Gasteiger partial charge on any atom is -0.488 e. The highest BCUT2D eigenvalue weighted by Gasteiger charge is 2.04. The van der Waals surface area contributed by atoms with Crippen LogP contribution in [0.5, 0.6) is 5.75 Å². The average Bonchev–Trinajstić information content (AvgIpc) is 2.88. The molecule has 1 N–H and O–H groups in total. The van der Waals surface area contributed by atoms with Gasteiger partial charge in [-0.2, -0.15) is 0 Å². The third-order valence-electron chi connectivity index (χ3n) is 2.96. The summed E-state index contributed by atoms with van der Waals surface area (Å²) in [6, 6.07) is 8.81. The van der Waals surface area contributed by atoms with E-state index in [1.54, 1.807) is 17.4 Å². The van der Waals surface area contributed by atoms with Gasteiger partial charge in [0, 0.05) is 22.4 Å². The van der Waals surface area contributed by atoms with Gasteiger partial charge in [0.2, 0.25) is 0 Å². The number of halogens is 1. The molecule has 0 fully saturated rings. The van der Waals surface area contributed by atoms with Crippen LogP contribution in [0.3, 0.4) is 0 Å². The minimum absolute atomic E-state index is 0.263. The lowest BCUT2D eigenvalue weighted by molar-refractivity contribution is 0.306. The lowest BCUT2D eigenvalue weighted by Gasteiger charge is -2.07. The van der Waals surface area contributed by atoms with Crippen LogP contribution >= 0.6 is 11.3 Å². The second kappa shape index (κ2) is 7.41. The molecule has 0 radical (unpaired) electrons. The van der Waals surface area contributed by atoms with Crippen molar-refractivity contribution in [3.05, 3.63) is 51.5 Å². The van der Waals surface area contributed by atoms with E-state index in [0.29, 0.717) is 12.4 Å². The lowest BCUT2D eigenvalue weighted by atomic mass is 10.2. The number of ether oxygens (including phenoxy) is 1. The number of benzene rings is 1. The Kier molecular flexibility index (Phi) is 5.56. The van der Waals surface area contributed by atoms with Gasteiger partial charge in [-0.25, -0.2) is 4.39 Å². The second-order valence-corrected chi connectivity index (χ2v) is 6.00. The molecule has 0 bridgehead atoms. The Hall–Kier alpha value is -1.39. The molecule has 1 aromatic carbocycles. The minimum atomic E-state index is -0.263. The molecule has 1 heterocycles. The Morgan fingerprint density at radius 2 is 2.00 bits per heavy atom. The standard InChI is InChI=1S/C16H20FNOS/c1-3-8-18-10-14-6-7-15(20-14)11-19-16-9-13(17)5-4-12(16)2/h4-7,9,18H,3,8,10-11H2,1-2H3. The highest BCUT2D eigenvalue weighted by Crippen LogP contribution is 2.22. The highest BCUT2D eigenvalue weighted by molar-refractivity contribution is 7.11. The lowest BCUT2D eigenvalue weighted by Crippen LogP contribution is -2.12. The van der Waals surface area contributed by atoms with Crippen LogP contribution in [0.4, 0.5) is 4.39 Å². The SMILES string of the molecule is CCCNCc1ccc(COc2cc(F)ccc2C)s1. The molecule has 0 saturated carbocycles. The van der Waals surface area contributed by atoms with Crippen LogP contribution in [0.15, 0.2) is 30.3 Å². The van der Waals surface area contributed by atoms with Crippen LogP contribution in [-0.2, 0) is 13.2 Å². The molecule has 108 valence electrons. The molecule has 0 aliphatic rings. The summed E-state index contributed by atoms with van der Waals surface area (Å²) >= 11 is 1.73. The molecule has 2 aromatic rings. The number of nitrogens with one attached hydrogen (secondary N) is 1. The Morgan fingerprint density at radius 1 is 1.20 bits per heavy atom. The summed E-state index contributed by atoms with van der Waals surface area (Å²) in [5.74, 6) is 0.352. The fraction of sp³-hybridized carbons (Fsp3) is 0.375. The summed E-state index contributed by atoms with van der Waals surface area (Å²) < 4.78 is 18.9. The molecule has 2 nitrogen and oxygen atoms in total. The molecule has 2 rings (SSSR count). The van der Waals surface area contributed by atoms with Gasteiger partial charge in [0.25, 0.3) is 0 Å². The van der Waals surface area contributed by atoms with E-state index in [4.69, 9.17) is 4.74 Å². The van der Waals surface area contributed by atoms with Crippen LogP contribution in [0.2, 0.25) is 0 Å². The molecule has 1 aromatic heterocycles. The first-order chi connectivity index (χ1) is 9.69. The largest absolute Gasteiger partial charge is 0.488 e. The normalized spacial score (nSPS) is 10.8. The van der Waals surface area contributed by atoms with Crippen molar-refractivity contribution in [3.63, 3.8) is 0 Å². The molecular weight excluding hydrogens is 273 g/mol. The van der Waals surface area contributed by atoms with Crippen molar-refractivity contribution in [2.45, 2.75) is 33.4 Å². The Bertz CT molecular complexity index is 553. The van der Waals surface area contributed by atoms with E-state index in [1.165, 1.54) is 17.0 Å². The number of thiophene rings is 1. The summed E-state index contributed by atoms with van der Waals surface area (Å²) in [7, 11) is 0. The van der Waals surface area contributed by atoms with Crippen LogP contribution in [0.1, 0.15) is 28.7 Å². The molecule has 0 saturated heterocycles. The van der Waals surface area contributed by atoms with Crippen molar-refractivity contribution in [2.75, 3.05) is 6.54 Å². The topological polar surface area (TPSA) is 21.3 Å². The van der Waals surface area contributed by atoms with Gasteiger partial charge >= 0.3 is 0 Å². The molecule has 0 atom stereocenters.